The average molecular weight is 377 g/mol. The van der Waals surface area contributed by atoms with Gasteiger partial charge in [-0.05, 0) is 38.0 Å². The van der Waals surface area contributed by atoms with E-state index in [4.69, 9.17) is 4.42 Å². The van der Waals surface area contributed by atoms with Crippen molar-refractivity contribution in [3.63, 3.8) is 0 Å². The van der Waals surface area contributed by atoms with Gasteiger partial charge in [-0.1, -0.05) is 0 Å². The van der Waals surface area contributed by atoms with Crippen LogP contribution in [0.15, 0.2) is 22.6 Å². The molecule has 1 aromatic carbocycles. The van der Waals surface area contributed by atoms with Crippen molar-refractivity contribution in [1.29, 1.82) is 0 Å². The smallest absolute Gasteiger partial charge is 0.275 e. The minimum Gasteiger partial charge on any atom is -0.445 e. The summed E-state index contributed by atoms with van der Waals surface area (Å²) in [6.45, 7) is 2.59. The van der Waals surface area contributed by atoms with E-state index in [1.807, 2.05) is 0 Å². The monoisotopic (exact) mass is 377 g/mol. The third-order valence-corrected chi connectivity index (χ3v) is 4.72. The van der Waals surface area contributed by atoms with Gasteiger partial charge in [-0.25, -0.2) is 13.8 Å². The first-order valence-corrected chi connectivity index (χ1v) is 8.71. The summed E-state index contributed by atoms with van der Waals surface area (Å²) < 4.78 is 32.1. The van der Waals surface area contributed by atoms with Crippen molar-refractivity contribution in [2.24, 2.45) is 0 Å². The van der Waals surface area contributed by atoms with Gasteiger partial charge >= 0.3 is 0 Å². The van der Waals surface area contributed by atoms with Gasteiger partial charge in [-0.2, -0.15) is 0 Å². The molecule has 1 aliphatic rings. The van der Waals surface area contributed by atoms with E-state index in [0.717, 1.165) is 12.1 Å². The number of likely N-dealkylation sites (tertiary alicyclic amines) is 1. The Morgan fingerprint density at radius 1 is 1.19 bits per heavy atom. The Morgan fingerprint density at radius 3 is 2.44 bits per heavy atom. The zero-order chi connectivity index (χ0) is 19.7. The van der Waals surface area contributed by atoms with Gasteiger partial charge in [-0.15, -0.1) is 0 Å². The van der Waals surface area contributed by atoms with E-state index in [9.17, 15) is 18.4 Å². The first-order valence-electron chi connectivity index (χ1n) is 8.71. The van der Waals surface area contributed by atoms with Crippen LogP contribution in [-0.4, -0.2) is 53.8 Å². The summed E-state index contributed by atoms with van der Waals surface area (Å²) in [5, 5.41) is 0. The Hall–Kier alpha value is -2.77. The highest BCUT2D eigenvalue weighted by Crippen LogP contribution is 2.29. The molecule has 2 heterocycles. The second-order valence-electron chi connectivity index (χ2n) is 6.85. The van der Waals surface area contributed by atoms with E-state index in [1.54, 1.807) is 25.9 Å². The highest BCUT2D eigenvalue weighted by Gasteiger charge is 2.29. The molecule has 8 heteroatoms. The number of benzene rings is 1. The summed E-state index contributed by atoms with van der Waals surface area (Å²) in [6, 6.07) is 3.15. The van der Waals surface area contributed by atoms with Gasteiger partial charge in [0.25, 0.3) is 11.8 Å². The van der Waals surface area contributed by atoms with Crippen molar-refractivity contribution in [3.8, 4) is 0 Å². The van der Waals surface area contributed by atoms with Crippen molar-refractivity contribution >= 4 is 11.8 Å². The summed E-state index contributed by atoms with van der Waals surface area (Å²) >= 11 is 0. The zero-order valence-electron chi connectivity index (χ0n) is 15.5. The SMILES string of the molecule is Cc1oc(C2CCN(C(=O)c3ccc(F)c(F)c3)CC2)nc1C(=O)N(C)C. The lowest BCUT2D eigenvalue weighted by Crippen LogP contribution is -2.38. The second-order valence-corrected chi connectivity index (χ2v) is 6.85. The molecule has 1 aliphatic heterocycles. The van der Waals surface area contributed by atoms with E-state index in [2.05, 4.69) is 4.98 Å². The number of oxazole rings is 1. The largest absolute Gasteiger partial charge is 0.445 e. The van der Waals surface area contributed by atoms with E-state index in [1.165, 1.54) is 11.0 Å². The molecular formula is C19H21F2N3O3. The average Bonchev–Trinajstić information content (AvgIpc) is 3.04. The van der Waals surface area contributed by atoms with Crippen LogP contribution in [0.3, 0.4) is 0 Å². The summed E-state index contributed by atoms with van der Waals surface area (Å²) in [4.78, 5) is 32.0. The molecule has 0 radical (unpaired) electrons. The fraction of sp³-hybridized carbons (Fsp3) is 0.421. The molecule has 0 atom stereocenters. The first-order chi connectivity index (χ1) is 12.8. The Kier molecular flexibility index (Phi) is 5.25. The number of aryl methyl sites for hydroxylation is 1. The number of hydrogen-bond donors (Lipinski definition) is 0. The Labute approximate surface area is 155 Å². The molecule has 1 aromatic heterocycles. The molecule has 0 saturated carbocycles. The van der Waals surface area contributed by atoms with Crippen molar-refractivity contribution in [2.75, 3.05) is 27.2 Å². The number of nitrogens with zero attached hydrogens (tertiary/aromatic N) is 3. The van der Waals surface area contributed by atoms with E-state index < -0.39 is 11.6 Å². The molecule has 1 saturated heterocycles. The van der Waals surface area contributed by atoms with Gasteiger partial charge in [0.15, 0.2) is 23.2 Å². The van der Waals surface area contributed by atoms with Gasteiger partial charge < -0.3 is 14.2 Å². The molecule has 0 bridgehead atoms. The van der Waals surface area contributed by atoms with Crippen LogP contribution >= 0.6 is 0 Å². The number of rotatable bonds is 3. The van der Waals surface area contributed by atoms with Gasteiger partial charge in [0.2, 0.25) is 0 Å². The number of carbonyl (C=O) groups is 2. The van der Waals surface area contributed by atoms with E-state index in [0.29, 0.717) is 43.3 Å². The van der Waals surface area contributed by atoms with Gasteiger partial charge in [-0.3, -0.25) is 9.59 Å². The van der Waals surface area contributed by atoms with Gasteiger partial charge in [0.05, 0.1) is 0 Å². The standard InChI is InChI=1S/C19H21F2N3O3/c1-11-16(19(26)23(2)3)22-17(27-11)12-6-8-24(9-7-12)18(25)13-4-5-14(20)15(21)10-13/h4-5,10,12H,6-9H2,1-3H3. The van der Waals surface area contributed by atoms with Crippen LogP contribution in [0.5, 0.6) is 0 Å². The molecule has 6 nitrogen and oxygen atoms in total. The lowest BCUT2D eigenvalue weighted by atomic mass is 9.96. The fourth-order valence-electron chi connectivity index (χ4n) is 3.14. The van der Waals surface area contributed by atoms with E-state index >= 15 is 0 Å². The zero-order valence-corrected chi connectivity index (χ0v) is 15.5. The van der Waals surface area contributed by atoms with Crippen LogP contribution < -0.4 is 0 Å². The number of aromatic nitrogens is 1. The maximum atomic E-state index is 13.4. The van der Waals surface area contributed by atoms with Gasteiger partial charge in [0.1, 0.15) is 5.76 Å². The maximum absolute atomic E-state index is 13.4. The van der Waals surface area contributed by atoms with Crippen LogP contribution in [0.4, 0.5) is 8.78 Å². The molecule has 0 unspecified atom stereocenters. The molecule has 1 fully saturated rings. The summed E-state index contributed by atoms with van der Waals surface area (Å²) in [5.41, 5.74) is 0.425. The highest BCUT2D eigenvalue weighted by atomic mass is 19.2. The number of piperidine rings is 1. The molecule has 27 heavy (non-hydrogen) atoms. The lowest BCUT2D eigenvalue weighted by Gasteiger charge is -2.30. The Balaban J connectivity index is 1.67. The molecule has 3 rings (SSSR count). The number of halogens is 2. The fourth-order valence-corrected chi connectivity index (χ4v) is 3.14. The molecule has 144 valence electrons. The first kappa shape index (κ1) is 19.0. The maximum Gasteiger partial charge on any atom is 0.275 e. The molecular weight excluding hydrogens is 356 g/mol. The van der Waals surface area contributed by atoms with Crippen molar-refractivity contribution < 1.29 is 22.8 Å². The minimum atomic E-state index is -1.04. The number of hydrogen-bond acceptors (Lipinski definition) is 4. The van der Waals surface area contributed by atoms with Crippen LogP contribution in [-0.2, 0) is 0 Å². The van der Waals surface area contributed by atoms with Crippen molar-refractivity contribution in [3.05, 3.63) is 52.7 Å². The predicted molar refractivity (Wildman–Crippen MR) is 93.5 cm³/mol. The molecule has 0 N–H and O–H groups in total. The van der Waals surface area contributed by atoms with Crippen LogP contribution in [0.1, 0.15) is 51.3 Å². The summed E-state index contributed by atoms with van der Waals surface area (Å²) in [5.74, 6) is -1.59. The van der Waals surface area contributed by atoms with E-state index in [-0.39, 0.29) is 23.3 Å². The second kappa shape index (κ2) is 7.46. The number of amides is 2. The van der Waals surface area contributed by atoms with Crippen molar-refractivity contribution in [2.45, 2.75) is 25.7 Å². The highest BCUT2D eigenvalue weighted by molar-refractivity contribution is 5.94. The Bertz CT molecular complexity index is 871. The molecule has 2 aromatic rings. The van der Waals surface area contributed by atoms with Crippen molar-refractivity contribution in [1.82, 2.24) is 14.8 Å². The normalized spacial score (nSPS) is 15.1. The minimum absolute atomic E-state index is 0.00131. The third-order valence-electron chi connectivity index (χ3n) is 4.72. The summed E-state index contributed by atoms with van der Waals surface area (Å²) in [6.07, 6.45) is 1.23. The van der Waals surface area contributed by atoms with Crippen LogP contribution in [0, 0.1) is 18.6 Å². The number of carbonyl (C=O) groups excluding carboxylic acids is 2. The molecule has 0 aliphatic carbocycles. The van der Waals surface area contributed by atoms with Crippen LogP contribution in [0.25, 0.3) is 0 Å². The third kappa shape index (κ3) is 3.84. The lowest BCUT2D eigenvalue weighted by molar-refractivity contribution is 0.0705. The van der Waals surface area contributed by atoms with Gasteiger partial charge in [0, 0.05) is 38.7 Å². The Morgan fingerprint density at radius 2 is 1.85 bits per heavy atom. The topological polar surface area (TPSA) is 66.7 Å². The molecule has 0 spiro atoms. The predicted octanol–water partition coefficient (Wildman–Crippen LogP) is 2.98. The summed E-state index contributed by atoms with van der Waals surface area (Å²) in [7, 11) is 3.30. The quantitative estimate of drug-likeness (QED) is 0.825. The van der Waals surface area contributed by atoms with Crippen LogP contribution in [0.2, 0.25) is 0 Å². The molecule has 2 amide bonds.